The van der Waals surface area contributed by atoms with Crippen LogP contribution >= 0.6 is 0 Å². The number of H-pyrrole nitrogens is 1. The molecule has 0 saturated carbocycles. The number of likely N-dealkylation sites (N-methyl/N-ethyl adjacent to an activating group) is 1. The number of alkyl halides is 6. The number of carbonyl (C=O) groups excluding carboxylic acids is 2. The summed E-state index contributed by atoms with van der Waals surface area (Å²) in [5.41, 5.74) is -2.47. The van der Waals surface area contributed by atoms with E-state index in [2.05, 4.69) is 4.98 Å². The molecule has 1 aromatic heterocycles. The number of nitrogens with zero attached hydrogens (tertiary/aromatic N) is 1. The van der Waals surface area contributed by atoms with Crippen LogP contribution in [-0.4, -0.2) is 41.5 Å². The van der Waals surface area contributed by atoms with Crippen molar-refractivity contribution < 1.29 is 40.7 Å². The maximum absolute atomic E-state index is 13.3. The maximum atomic E-state index is 13.3. The van der Waals surface area contributed by atoms with Crippen molar-refractivity contribution in [2.75, 3.05) is 13.7 Å². The Labute approximate surface area is 196 Å². The summed E-state index contributed by atoms with van der Waals surface area (Å²) < 4.78 is 84.5. The second-order valence-electron chi connectivity index (χ2n) is 7.94. The zero-order chi connectivity index (χ0) is 26.0. The third-order valence-electron chi connectivity index (χ3n) is 5.54. The lowest BCUT2D eigenvalue weighted by molar-refractivity contribution is -0.144. The van der Waals surface area contributed by atoms with Gasteiger partial charge in [0.25, 0.3) is 5.91 Å². The number of para-hydroxylation sites is 1. The highest BCUT2D eigenvalue weighted by atomic mass is 19.4. The van der Waals surface area contributed by atoms with Crippen molar-refractivity contribution in [1.82, 2.24) is 9.88 Å². The molecule has 3 aromatic rings. The van der Waals surface area contributed by atoms with Crippen LogP contribution < -0.4 is 0 Å². The molecule has 0 bridgehead atoms. The van der Waals surface area contributed by atoms with Gasteiger partial charge >= 0.3 is 18.3 Å². The topological polar surface area (TPSA) is 62.4 Å². The van der Waals surface area contributed by atoms with Crippen LogP contribution in [0.2, 0.25) is 0 Å². The summed E-state index contributed by atoms with van der Waals surface area (Å²) >= 11 is 0. The number of fused-ring (bicyclic) bond motifs is 1. The molecule has 1 amide bonds. The molecule has 1 heterocycles. The Morgan fingerprint density at radius 2 is 1.60 bits per heavy atom. The van der Waals surface area contributed by atoms with E-state index in [0.29, 0.717) is 12.1 Å². The second-order valence-corrected chi connectivity index (χ2v) is 7.94. The first-order valence-electron chi connectivity index (χ1n) is 10.6. The number of esters is 1. The zero-order valence-corrected chi connectivity index (χ0v) is 18.8. The van der Waals surface area contributed by atoms with Gasteiger partial charge in [-0.05, 0) is 43.2 Å². The van der Waals surface area contributed by atoms with Crippen molar-refractivity contribution in [3.05, 3.63) is 70.9 Å². The first kappa shape index (κ1) is 26.1. The molecule has 5 nitrogen and oxygen atoms in total. The van der Waals surface area contributed by atoms with Crippen LogP contribution in [0, 0.1) is 0 Å². The Kier molecular flexibility index (Phi) is 7.47. The maximum Gasteiger partial charge on any atom is 0.416 e. The fourth-order valence-corrected chi connectivity index (χ4v) is 3.76. The number of aromatic amines is 1. The van der Waals surface area contributed by atoms with Gasteiger partial charge in [0.1, 0.15) is 0 Å². The van der Waals surface area contributed by atoms with E-state index in [0.717, 1.165) is 21.4 Å². The zero-order valence-electron chi connectivity index (χ0n) is 18.8. The van der Waals surface area contributed by atoms with Crippen LogP contribution in [0.1, 0.15) is 40.4 Å². The minimum Gasteiger partial charge on any atom is -0.466 e. The minimum atomic E-state index is -5.09. The summed E-state index contributed by atoms with van der Waals surface area (Å²) in [6, 6.07) is 7.03. The van der Waals surface area contributed by atoms with Crippen LogP contribution in [0.4, 0.5) is 26.3 Å². The smallest absolute Gasteiger partial charge is 0.416 e. The number of hydrogen-bond acceptors (Lipinski definition) is 3. The van der Waals surface area contributed by atoms with Gasteiger partial charge in [-0.25, -0.2) is 0 Å². The monoisotopic (exact) mass is 500 g/mol. The average Bonchev–Trinajstić information content (AvgIpc) is 3.19. The van der Waals surface area contributed by atoms with E-state index < -0.39 is 47.0 Å². The molecule has 35 heavy (non-hydrogen) atoms. The standard InChI is InChI=1S/C24H22F6N2O3/c1-3-35-21(33)12-18(10-15-13-31-20-7-5-4-6-19(15)20)32(2)22(34)14-8-16(23(25,26)27)11-17(9-14)24(28,29)30/h4-9,11,13,18,31H,3,10,12H2,1-2H3. The van der Waals surface area contributed by atoms with E-state index >= 15 is 0 Å². The molecule has 3 rings (SSSR count). The van der Waals surface area contributed by atoms with Gasteiger partial charge in [-0.3, -0.25) is 9.59 Å². The molecule has 0 saturated heterocycles. The lowest BCUT2D eigenvalue weighted by Gasteiger charge is -2.28. The van der Waals surface area contributed by atoms with Crippen molar-refractivity contribution >= 4 is 22.8 Å². The van der Waals surface area contributed by atoms with Crippen molar-refractivity contribution in [2.45, 2.75) is 38.2 Å². The van der Waals surface area contributed by atoms with Gasteiger partial charge in [0.05, 0.1) is 24.2 Å². The molecule has 1 N–H and O–H groups in total. The molecular formula is C24H22F6N2O3. The van der Waals surface area contributed by atoms with Crippen LogP contribution in [-0.2, 0) is 28.3 Å². The Bertz CT molecular complexity index is 1180. The number of carbonyl (C=O) groups is 2. The molecule has 0 aliphatic rings. The molecule has 2 aromatic carbocycles. The molecule has 0 radical (unpaired) electrons. The number of amides is 1. The third kappa shape index (κ3) is 6.14. The lowest BCUT2D eigenvalue weighted by Crippen LogP contribution is -2.40. The van der Waals surface area contributed by atoms with Gasteiger partial charge in [0.15, 0.2) is 0 Å². The number of ether oxygens (including phenoxy) is 1. The van der Waals surface area contributed by atoms with Crippen LogP contribution in [0.15, 0.2) is 48.7 Å². The van der Waals surface area contributed by atoms with Gasteiger partial charge in [-0.2, -0.15) is 26.3 Å². The molecule has 0 fully saturated rings. The van der Waals surface area contributed by atoms with Crippen LogP contribution in [0.5, 0.6) is 0 Å². The highest BCUT2D eigenvalue weighted by Crippen LogP contribution is 2.36. The van der Waals surface area contributed by atoms with Gasteiger partial charge in [-0.15, -0.1) is 0 Å². The molecule has 11 heteroatoms. The van der Waals surface area contributed by atoms with Gasteiger partial charge < -0.3 is 14.6 Å². The fraction of sp³-hybridized carbons (Fsp3) is 0.333. The number of halogens is 6. The number of nitrogens with one attached hydrogen (secondary N) is 1. The van der Waals surface area contributed by atoms with Gasteiger partial charge in [0, 0.05) is 35.8 Å². The Hall–Kier alpha value is -3.50. The van der Waals surface area contributed by atoms with Crippen molar-refractivity contribution in [3.8, 4) is 0 Å². The number of aromatic nitrogens is 1. The van der Waals surface area contributed by atoms with Crippen molar-refractivity contribution in [3.63, 3.8) is 0 Å². The molecule has 0 aliphatic heterocycles. The minimum absolute atomic E-state index is 0.0428. The van der Waals surface area contributed by atoms with Gasteiger partial charge in [-0.1, -0.05) is 18.2 Å². The summed E-state index contributed by atoms with van der Waals surface area (Å²) in [5.74, 6) is -1.74. The van der Waals surface area contributed by atoms with Crippen LogP contribution in [0.3, 0.4) is 0 Å². The number of hydrogen-bond donors (Lipinski definition) is 1. The molecular weight excluding hydrogens is 478 g/mol. The number of benzene rings is 2. The summed E-state index contributed by atoms with van der Waals surface area (Å²) in [4.78, 5) is 29.4. The molecule has 1 unspecified atom stereocenters. The lowest BCUT2D eigenvalue weighted by atomic mass is 9.99. The molecule has 188 valence electrons. The normalized spacial score (nSPS) is 13.0. The van der Waals surface area contributed by atoms with E-state index in [4.69, 9.17) is 4.74 Å². The Balaban J connectivity index is 1.99. The first-order valence-corrected chi connectivity index (χ1v) is 10.6. The summed E-state index contributed by atoms with van der Waals surface area (Å²) in [6.45, 7) is 1.65. The highest BCUT2D eigenvalue weighted by Gasteiger charge is 2.38. The van der Waals surface area contributed by atoms with E-state index in [1.54, 1.807) is 25.3 Å². The Morgan fingerprint density at radius 1 is 1.00 bits per heavy atom. The third-order valence-corrected chi connectivity index (χ3v) is 5.54. The van der Waals surface area contributed by atoms with E-state index in [1.807, 2.05) is 12.1 Å². The molecule has 0 spiro atoms. The average molecular weight is 500 g/mol. The van der Waals surface area contributed by atoms with Crippen molar-refractivity contribution in [2.24, 2.45) is 0 Å². The summed E-state index contributed by atoms with van der Waals surface area (Å²) in [6.07, 6.45) is -8.71. The summed E-state index contributed by atoms with van der Waals surface area (Å²) in [5, 5.41) is 0.806. The first-order chi connectivity index (χ1) is 16.3. The highest BCUT2D eigenvalue weighted by molar-refractivity contribution is 5.95. The fourth-order valence-electron chi connectivity index (χ4n) is 3.76. The quantitative estimate of drug-likeness (QED) is 0.328. The van der Waals surface area contributed by atoms with Crippen LogP contribution in [0.25, 0.3) is 10.9 Å². The predicted molar refractivity (Wildman–Crippen MR) is 116 cm³/mol. The number of rotatable bonds is 7. The molecule has 0 aliphatic carbocycles. The second kappa shape index (κ2) is 10.0. The largest absolute Gasteiger partial charge is 0.466 e. The SMILES string of the molecule is CCOC(=O)CC(Cc1c[nH]c2ccccc12)N(C)C(=O)c1cc(C(F)(F)F)cc(C(F)(F)F)c1. The Morgan fingerprint density at radius 3 is 2.17 bits per heavy atom. The molecule has 1 atom stereocenters. The van der Waals surface area contributed by atoms with E-state index in [-0.39, 0.29) is 25.5 Å². The summed E-state index contributed by atoms with van der Waals surface area (Å²) in [7, 11) is 1.23. The van der Waals surface area contributed by atoms with Crippen molar-refractivity contribution in [1.29, 1.82) is 0 Å². The predicted octanol–water partition coefficient (Wildman–Crippen LogP) is 5.84. The van der Waals surface area contributed by atoms with Gasteiger partial charge in [0.2, 0.25) is 0 Å². The van der Waals surface area contributed by atoms with E-state index in [9.17, 15) is 35.9 Å². The van der Waals surface area contributed by atoms with E-state index in [1.165, 1.54) is 7.05 Å².